The highest BCUT2D eigenvalue weighted by molar-refractivity contribution is 6.10. The molecule has 36 heavy (non-hydrogen) atoms. The van der Waals surface area contributed by atoms with Crippen molar-refractivity contribution in [3.05, 3.63) is 71.3 Å². The number of aromatic hydroxyl groups is 1. The van der Waals surface area contributed by atoms with Gasteiger partial charge in [0.05, 0.1) is 5.56 Å². The molecule has 0 saturated heterocycles. The zero-order chi connectivity index (χ0) is 26.5. The average molecular weight is 488 g/mol. The second-order valence-electron chi connectivity index (χ2n) is 10.00. The summed E-state index contributed by atoms with van der Waals surface area (Å²) >= 11 is 0. The molecule has 3 aromatic rings. The Morgan fingerprint density at radius 3 is 2.33 bits per heavy atom. The van der Waals surface area contributed by atoms with Crippen LogP contribution in [-0.2, 0) is 9.59 Å². The quantitative estimate of drug-likeness (QED) is 0.281. The lowest BCUT2D eigenvalue weighted by atomic mass is 9.87. The third-order valence-electron chi connectivity index (χ3n) is 6.08. The zero-order valence-electron chi connectivity index (χ0n) is 21.4. The Morgan fingerprint density at radius 2 is 1.64 bits per heavy atom. The number of fused-ring (bicyclic) bond motifs is 1. The van der Waals surface area contributed by atoms with Gasteiger partial charge in [0.1, 0.15) is 11.5 Å². The van der Waals surface area contributed by atoms with Gasteiger partial charge in [0, 0.05) is 29.7 Å². The largest absolute Gasteiger partial charge is 0.507 e. The molecular formula is C29H33N3O4. The number of ketones is 1. The SMILES string of the molecule is Cc1ccc(NC(=O)CCC(CC(=O)C(C)(C)C)=NNC(=O)c2c(O)ccc3ccccc23)cc1C. The van der Waals surface area contributed by atoms with E-state index in [2.05, 4.69) is 15.8 Å². The maximum Gasteiger partial charge on any atom is 0.275 e. The van der Waals surface area contributed by atoms with Gasteiger partial charge in [-0.3, -0.25) is 14.4 Å². The third-order valence-corrected chi connectivity index (χ3v) is 6.08. The summed E-state index contributed by atoms with van der Waals surface area (Å²) in [6.07, 6.45) is 0.293. The first kappa shape index (κ1) is 26.6. The van der Waals surface area contributed by atoms with Crippen LogP contribution in [-0.4, -0.2) is 28.4 Å². The predicted molar refractivity (Wildman–Crippen MR) is 143 cm³/mol. The summed E-state index contributed by atoms with van der Waals surface area (Å²) in [5, 5.41) is 18.8. The number of benzene rings is 3. The summed E-state index contributed by atoms with van der Waals surface area (Å²) in [5.41, 5.74) is 5.28. The summed E-state index contributed by atoms with van der Waals surface area (Å²) in [5.74, 6) is -1.03. The third kappa shape index (κ3) is 6.78. The fourth-order valence-corrected chi connectivity index (χ4v) is 3.62. The molecule has 7 nitrogen and oxygen atoms in total. The Labute approximate surface area is 211 Å². The molecule has 0 radical (unpaired) electrons. The standard InChI is InChI=1S/C29H33N3O4/c1-18-10-12-21(16-19(18)2)30-26(35)15-13-22(17-25(34)29(3,4)5)31-32-28(36)27-23-9-7-6-8-20(23)11-14-24(27)33/h6-12,14,16,33H,13,15,17H2,1-5H3,(H,30,35)(H,32,36). The first-order valence-corrected chi connectivity index (χ1v) is 11.9. The number of carbonyl (C=O) groups is 3. The molecule has 0 aliphatic rings. The number of nitrogens with one attached hydrogen (secondary N) is 2. The monoisotopic (exact) mass is 487 g/mol. The van der Waals surface area contributed by atoms with E-state index >= 15 is 0 Å². The number of amides is 2. The van der Waals surface area contributed by atoms with Crippen LogP contribution in [0.4, 0.5) is 5.69 Å². The summed E-state index contributed by atoms with van der Waals surface area (Å²) in [4.78, 5) is 38.2. The van der Waals surface area contributed by atoms with Crippen molar-refractivity contribution in [1.82, 2.24) is 5.43 Å². The minimum Gasteiger partial charge on any atom is -0.507 e. The van der Waals surface area contributed by atoms with Crippen LogP contribution < -0.4 is 10.7 Å². The number of carbonyl (C=O) groups excluding carboxylic acids is 3. The lowest BCUT2D eigenvalue weighted by molar-refractivity contribution is -0.125. The first-order chi connectivity index (χ1) is 17.0. The van der Waals surface area contributed by atoms with E-state index in [0.29, 0.717) is 16.8 Å². The molecule has 3 N–H and O–H groups in total. The van der Waals surface area contributed by atoms with E-state index in [0.717, 1.165) is 16.5 Å². The maximum atomic E-state index is 13.0. The van der Waals surface area contributed by atoms with Gasteiger partial charge in [-0.2, -0.15) is 5.10 Å². The van der Waals surface area contributed by atoms with Crippen LogP contribution in [0.1, 0.15) is 61.5 Å². The summed E-state index contributed by atoms with van der Waals surface area (Å²) in [6, 6.07) is 16.1. The molecule has 2 amide bonds. The number of phenols is 1. The maximum absolute atomic E-state index is 13.0. The van der Waals surface area contributed by atoms with E-state index in [4.69, 9.17) is 0 Å². The summed E-state index contributed by atoms with van der Waals surface area (Å²) < 4.78 is 0. The van der Waals surface area contributed by atoms with Crippen LogP contribution in [0, 0.1) is 19.3 Å². The van der Waals surface area contributed by atoms with Crippen LogP contribution in [0.2, 0.25) is 0 Å². The lowest BCUT2D eigenvalue weighted by Crippen LogP contribution is -2.26. The molecule has 7 heteroatoms. The number of hydrogen-bond acceptors (Lipinski definition) is 5. The highest BCUT2D eigenvalue weighted by Gasteiger charge is 2.23. The van der Waals surface area contributed by atoms with Crippen molar-refractivity contribution in [1.29, 1.82) is 0 Å². The Bertz CT molecular complexity index is 1340. The van der Waals surface area contributed by atoms with Gasteiger partial charge in [-0.05, 0) is 60.4 Å². The Balaban J connectivity index is 1.76. The molecule has 0 spiro atoms. The Morgan fingerprint density at radius 1 is 0.917 bits per heavy atom. The lowest BCUT2D eigenvalue weighted by Gasteiger charge is -2.17. The van der Waals surface area contributed by atoms with Gasteiger partial charge in [0.25, 0.3) is 5.91 Å². The van der Waals surface area contributed by atoms with Gasteiger partial charge >= 0.3 is 0 Å². The van der Waals surface area contributed by atoms with E-state index in [9.17, 15) is 19.5 Å². The number of Topliss-reactive ketones (excluding diaryl/α,β-unsaturated/α-hetero) is 1. The van der Waals surface area contributed by atoms with Crippen molar-refractivity contribution in [2.45, 2.75) is 53.9 Å². The number of hydrogen-bond donors (Lipinski definition) is 3. The topological polar surface area (TPSA) is 108 Å². The van der Waals surface area contributed by atoms with Crippen molar-refractivity contribution in [3.63, 3.8) is 0 Å². The molecule has 0 saturated carbocycles. The number of rotatable bonds is 8. The van der Waals surface area contributed by atoms with Gasteiger partial charge in [-0.25, -0.2) is 5.43 Å². The minimum absolute atomic E-state index is 0.00220. The normalized spacial score (nSPS) is 11.9. The molecule has 3 rings (SSSR count). The van der Waals surface area contributed by atoms with Crippen LogP contribution in [0.15, 0.2) is 59.7 Å². The van der Waals surface area contributed by atoms with Gasteiger partial charge in [0.2, 0.25) is 5.91 Å². The van der Waals surface area contributed by atoms with Crippen molar-refractivity contribution in [3.8, 4) is 5.75 Å². The smallest absolute Gasteiger partial charge is 0.275 e. The van der Waals surface area contributed by atoms with E-state index in [1.807, 2.05) is 65.0 Å². The molecule has 0 fully saturated rings. The summed E-state index contributed by atoms with van der Waals surface area (Å²) in [6.45, 7) is 9.41. The number of nitrogens with zero attached hydrogens (tertiary/aromatic N) is 1. The molecule has 0 unspecified atom stereocenters. The molecule has 0 aromatic heterocycles. The van der Waals surface area contributed by atoms with Gasteiger partial charge in [-0.15, -0.1) is 0 Å². The average Bonchev–Trinajstić information content (AvgIpc) is 2.82. The zero-order valence-corrected chi connectivity index (χ0v) is 21.4. The van der Waals surface area contributed by atoms with Gasteiger partial charge in [-0.1, -0.05) is 57.2 Å². The molecule has 0 aliphatic carbocycles. The molecule has 0 bridgehead atoms. The van der Waals surface area contributed by atoms with E-state index < -0.39 is 11.3 Å². The fraction of sp³-hybridized carbons (Fsp3) is 0.310. The van der Waals surface area contributed by atoms with E-state index in [1.54, 1.807) is 18.2 Å². The Hall–Kier alpha value is -4.00. The van der Waals surface area contributed by atoms with Crippen LogP contribution in [0.3, 0.4) is 0 Å². The van der Waals surface area contributed by atoms with Gasteiger partial charge < -0.3 is 10.4 Å². The first-order valence-electron chi connectivity index (χ1n) is 11.9. The molecule has 3 aromatic carbocycles. The van der Waals surface area contributed by atoms with Crippen molar-refractivity contribution < 1.29 is 19.5 Å². The highest BCUT2D eigenvalue weighted by Crippen LogP contribution is 2.27. The van der Waals surface area contributed by atoms with E-state index in [-0.39, 0.29) is 42.3 Å². The molecule has 0 atom stereocenters. The van der Waals surface area contributed by atoms with E-state index in [1.165, 1.54) is 6.07 Å². The Kier molecular flexibility index (Phi) is 8.25. The van der Waals surface area contributed by atoms with Crippen molar-refractivity contribution in [2.24, 2.45) is 10.5 Å². The van der Waals surface area contributed by atoms with Crippen LogP contribution in [0.5, 0.6) is 5.75 Å². The highest BCUT2D eigenvalue weighted by atomic mass is 16.3. The predicted octanol–water partition coefficient (Wildman–Crippen LogP) is 5.67. The molecular weight excluding hydrogens is 454 g/mol. The number of hydrazone groups is 1. The fourth-order valence-electron chi connectivity index (χ4n) is 3.62. The number of phenolic OH excluding ortho intramolecular Hbond substituents is 1. The van der Waals surface area contributed by atoms with Crippen LogP contribution >= 0.6 is 0 Å². The number of anilines is 1. The molecule has 188 valence electrons. The number of aryl methyl sites for hydroxylation is 2. The van der Waals surface area contributed by atoms with Crippen LogP contribution in [0.25, 0.3) is 10.8 Å². The van der Waals surface area contributed by atoms with Crippen molar-refractivity contribution in [2.75, 3.05) is 5.32 Å². The van der Waals surface area contributed by atoms with Crippen molar-refractivity contribution >= 4 is 39.8 Å². The second kappa shape index (κ2) is 11.2. The molecule has 0 heterocycles. The van der Waals surface area contributed by atoms with Gasteiger partial charge in [0.15, 0.2) is 0 Å². The molecule has 0 aliphatic heterocycles. The minimum atomic E-state index is -0.597. The summed E-state index contributed by atoms with van der Waals surface area (Å²) in [7, 11) is 0. The second-order valence-corrected chi connectivity index (χ2v) is 10.00.